The number of piperidine rings is 1. The Bertz CT molecular complexity index is 538. The average molecular weight is 353 g/mol. The molecule has 5 nitrogen and oxygen atoms in total. The number of hydrogen-bond acceptors (Lipinski definition) is 3. The second-order valence-electron chi connectivity index (χ2n) is 6.39. The summed E-state index contributed by atoms with van der Waals surface area (Å²) in [4.78, 5) is 6.92. The van der Waals surface area contributed by atoms with E-state index in [1.54, 1.807) is 0 Å². The number of halogens is 1. The fourth-order valence-electron chi connectivity index (χ4n) is 2.84. The van der Waals surface area contributed by atoms with Gasteiger partial charge in [-0.3, -0.25) is 4.99 Å². The van der Waals surface area contributed by atoms with Crippen molar-refractivity contribution in [2.45, 2.75) is 32.7 Å². The molecule has 1 aliphatic rings. The molecule has 2 atom stereocenters. The van der Waals surface area contributed by atoms with Gasteiger partial charge in [-0.2, -0.15) is 0 Å². The second kappa shape index (κ2) is 9.74. The Balaban J connectivity index is 1.98. The lowest BCUT2D eigenvalue weighted by Gasteiger charge is -2.35. The lowest BCUT2D eigenvalue weighted by molar-refractivity contribution is 0.241. The number of para-hydroxylation sites is 1. The average Bonchev–Trinajstić information content (AvgIpc) is 2.60. The van der Waals surface area contributed by atoms with Crippen LogP contribution < -0.4 is 15.5 Å². The van der Waals surface area contributed by atoms with Crippen LogP contribution in [0.25, 0.3) is 0 Å². The predicted molar refractivity (Wildman–Crippen MR) is 102 cm³/mol. The minimum atomic E-state index is 0.159. The van der Waals surface area contributed by atoms with E-state index >= 15 is 0 Å². The smallest absolute Gasteiger partial charge is 0.191 e. The van der Waals surface area contributed by atoms with Crippen molar-refractivity contribution in [3.63, 3.8) is 0 Å². The molecular weight excluding hydrogens is 324 g/mol. The van der Waals surface area contributed by atoms with Crippen molar-refractivity contribution in [1.29, 1.82) is 0 Å². The van der Waals surface area contributed by atoms with Crippen LogP contribution in [0.1, 0.15) is 26.7 Å². The van der Waals surface area contributed by atoms with Gasteiger partial charge in [-0.25, -0.2) is 0 Å². The topological polar surface area (TPSA) is 59.9 Å². The van der Waals surface area contributed by atoms with E-state index in [4.69, 9.17) is 16.7 Å². The van der Waals surface area contributed by atoms with Gasteiger partial charge in [0, 0.05) is 38.8 Å². The maximum absolute atomic E-state index is 9.16. The maximum Gasteiger partial charge on any atom is 0.191 e. The van der Waals surface area contributed by atoms with Crippen molar-refractivity contribution >= 4 is 23.2 Å². The van der Waals surface area contributed by atoms with Crippen molar-refractivity contribution in [3.8, 4) is 0 Å². The lowest BCUT2D eigenvalue weighted by Crippen LogP contribution is -2.51. The van der Waals surface area contributed by atoms with Gasteiger partial charge in [0.15, 0.2) is 5.96 Å². The Kier molecular flexibility index (Phi) is 7.66. The number of nitrogens with one attached hydrogen (secondary N) is 2. The third-order valence-corrected chi connectivity index (χ3v) is 4.49. The van der Waals surface area contributed by atoms with Crippen molar-refractivity contribution < 1.29 is 5.11 Å². The highest BCUT2D eigenvalue weighted by Crippen LogP contribution is 2.27. The van der Waals surface area contributed by atoms with Crippen LogP contribution in [0.4, 0.5) is 5.69 Å². The fourth-order valence-corrected chi connectivity index (χ4v) is 3.10. The molecule has 2 rings (SSSR count). The monoisotopic (exact) mass is 352 g/mol. The summed E-state index contributed by atoms with van der Waals surface area (Å²) in [7, 11) is 0. The summed E-state index contributed by atoms with van der Waals surface area (Å²) >= 11 is 6.34. The van der Waals surface area contributed by atoms with Crippen LogP contribution in [0.15, 0.2) is 29.3 Å². The Morgan fingerprint density at radius 3 is 2.96 bits per heavy atom. The summed E-state index contributed by atoms with van der Waals surface area (Å²) < 4.78 is 0. The zero-order chi connectivity index (χ0) is 17.4. The molecule has 1 aromatic carbocycles. The first-order valence-corrected chi connectivity index (χ1v) is 9.17. The number of anilines is 1. The van der Waals surface area contributed by atoms with Gasteiger partial charge in [-0.15, -0.1) is 0 Å². The highest BCUT2D eigenvalue weighted by atomic mass is 35.5. The number of aliphatic hydroxyl groups excluding tert-OH is 1. The van der Waals surface area contributed by atoms with Crippen LogP contribution in [0, 0.1) is 5.92 Å². The molecule has 24 heavy (non-hydrogen) atoms. The highest BCUT2D eigenvalue weighted by molar-refractivity contribution is 6.33. The number of rotatable bonds is 6. The standard InChI is InChI=1S/C18H29ClN4O/c1-3-20-18(21-11-14(2)13-24)22-15-7-6-10-23(12-15)17-9-5-4-8-16(17)19/h4-5,8-9,14-15,24H,3,6-7,10-13H2,1-2H3,(H2,20,21,22). The van der Waals surface area contributed by atoms with Crippen LogP contribution >= 0.6 is 11.6 Å². The van der Waals surface area contributed by atoms with E-state index in [-0.39, 0.29) is 12.5 Å². The Hall–Kier alpha value is -1.46. The first-order valence-electron chi connectivity index (χ1n) is 8.79. The molecule has 6 heteroatoms. The summed E-state index contributed by atoms with van der Waals surface area (Å²) in [6.45, 7) is 7.58. The molecule has 1 saturated heterocycles. The maximum atomic E-state index is 9.16. The number of benzene rings is 1. The minimum absolute atomic E-state index is 0.159. The lowest BCUT2D eigenvalue weighted by atomic mass is 10.0. The molecule has 0 aromatic heterocycles. The molecule has 0 radical (unpaired) electrons. The molecule has 1 aliphatic heterocycles. The molecule has 0 aliphatic carbocycles. The quantitative estimate of drug-likeness (QED) is 0.544. The van der Waals surface area contributed by atoms with E-state index in [2.05, 4.69) is 33.5 Å². The largest absolute Gasteiger partial charge is 0.396 e. The Morgan fingerprint density at radius 1 is 1.46 bits per heavy atom. The van der Waals surface area contributed by atoms with E-state index in [0.717, 1.165) is 49.1 Å². The van der Waals surface area contributed by atoms with Gasteiger partial charge < -0.3 is 20.6 Å². The van der Waals surface area contributed by atoms with E-state index in [1.807, 2.05) is 25.1 Å². The fraction of sp³-hybridized carbons (Fsp3) is 0.611. The Labute approximate surface area is 150 Å². The van der Waals surface area contributed by atoms with Gasteiger partial charge in [0.25, 0.3) is 0 Å². The summed E-state index contributed by atoms with van der Waals surface area (Å²) in [5.41, 5.74) is 1.10. The van der Waals surface area contributed by atoms with Crippen LogP contribution in [-0.4, -0.2) is 49.9 Å². The van der Waals surface area contributed by atoms with Crippen molar-refractivity contribution in [1.82, 2.24) is 10.6 Å². The van der Waals surface area contributed by atoms with Gasteiger partial charge >= 0.3 is 0 Å². The summed E-state index contributed by atoms with van der Waals surface area (Å²) in [5, 5.41) is 16.8. The highest BCUT2D eigenvalue weighted by Gasteiger charge is 2.22. The molecule has 1 aromatic rings. The summed E-state index contributed by atoms with van der Waals surface area (Å²) in [6, 6.07) is 8.34. The molecule has 0 saturated carbocycles. The van der Waals surface area contributed by atoms with Gasteiger partial charge in [0.1, 0.15) is 0 Å². The predicted octanol–water partition coefficient (Wildman–Crippen LogP) is 2.49. The first kappa shape index (κ1) is 18.9. The number of nitrogens with zero attached hydrogens (tertiary/aromatic N) is 2. The zero-order valence-electron chi connectivity index (χ0n) is 14.6. The molecule has 134 valence electrons. The number of guanidine groups is 1. The number of hydrogen-bond donors (Lipinski definition) is 3. The first-order chi connectivity index (χ1) is 11.6. The van der Waals surface area contributed by atoms with Crippen LogP contribution in [0.5, 0.6) is 0 Å². The van der Waals surface area contributed by atoms with Crippen LogP contribution in [-0.2, 0) is 0 Å². The number of aliphatic hydroxyl groups is 1. The normalized spacial score (nSPS) is 19.9. The van der Waals surface area contributed by atoms with E-state index < -0.39 is 0 Å². The molecule has 0 spiro atoms. The summed E-state index contributed by atoms with van der Waals surface area (Å²) in [6.07, 6.45) is 2.23. The number of aliphatic imine (C=N–C) groups is 1. The molecule has 2 unspecified atom stereocenters. The molecule has 3 N–H and O–H groups in total. The van der Waals surface area contributed by atoms with Crippen molar-refractivity contribution in [3.05, 3.63) is 29.3 Å². The Morgan fingerprint density at radius 2 is 2.25 bits per heavy atom. The van der Waals surface area contributed by atoms with E-state index in [9.17, 15) is 0 Å². The molecular formula is C18H29ClN4O. The van der Waals surface area contributed by atoms with Gasteiger partial charge in [-0.1, -0.05) is 30.7 Å². The van der Waals surface area contributed by atoms with Gasteiger partial charge in [0.2, 0.25) is 0 Å². The molecule has 0 amide bonds. The van der Waals surface area contributed by atoms with Crippen molar-refractivity contribution in [2.24, 2.45) is 10.9 Å². The third kappa shape index (κ3) is 5.56. The summed E-state index contributed by atoms with van der Waals surface area (Å²) in [5.74, 6) is 0.996. The van der Waals surface area contributed by atoms with Gasteiger partial charge in [0.05, 0.1) is 10.7 Å². The minimum Gasteiger partial charge on any atom is -0.396 e. The van der Waals surface area contributed by atoms with Crippen LogP contribution in [0.3, 0.4) is 0 Å². The molecule has 1 heterocycles. The van der Waals surface area contributed by atoms with Crippen molar-refractivity contribution in [2.75, 3.05) is 37.7 Å². The molecule has 0 bridgehead atoms. The second-order valence-corrected chi connectivity index (χ2v) is 6.80. The van der Waals surface area contributed by atoms with Crippen LogP contribution in [0.2, 0.25) is 5.02 Å². The SMILES string of the molecule is CCNC(=NCC(C)CO)NC1CCCN(c2ccccc2Cl)C1. The van der Waals surface area contributed by atoms with Gasteiger partial charge in [-0.05, 0) is 37.8 Å². The van der Waals surface area contributed by atoms with E-state index in [0.29, 0.717) is 12.6 Å². The third-order valence-electron chi connectivity index (χ3n) is 4.17. The zero-order valence-corrected chi connectivity index (χ0v) is 15.4. The van der Waals surface area contributed by atoms with E-state index in [1.165, 1.54) is 0 Å². The molecule has 1 fully saturated rings.